The molecule has 0 unspecified atom stereocenters. The van der Waals surface area contributed by atoms with Gasteiger partial charge < -0.3 is 0 Å². The van der Waals surface area contributed by atoms with E-state index in [2.05, 4.69) is 202 Å². The molecule has 0 aliphatic heterocycles. The summed E-state index contributed by atoms with van der Waals surface area (Å²) in [6.45, 7) is 12.4. The fourth-order valence-corrected chi connectivity index (χ4v) is 8.02. The van der Waals surface area contributed by atoms with E-state index < -0.39 is 5.67 Å². The first kappa shape index (κ1) is 42.4. The van der Waals surface area contributed by atoms with Crippen molar-refractivity contribution in [3.8, 4) is 0 Å². The summed E-state index contributed by atoms with van der Waals surface area (Å²) >= 11 is 0. The molecule has 7 heteroatoms. The van der Waals surface area contributed by atoms with Gasteiger partial charge in [0, 0.05) is 34.1 Å². The van der Waals surface area contributed by atoms with Crippen LogP contribution in [0.3, 0.4) is 0 Å². The lowest BCUT2D eigenvalue weighted by Crippen LogP contribution is -2.29. The minimum atomic E-state index is -2.45. The first-order valence-corrected chi connectivity index (χ1v) is 22.0. The molecule has 0 amide bonds. The van der Waals surface area contributed by atoms with E-state index in [4.69, 9.17) is 15.0 Å². The predicted molar refractivity (Wildman–Crippen MR) is 266 cm³/mol. The lowest BCUT2D eigenvalue weighted by atomic mass is 9.91. The molecule has 0 bridgehead atoms. The van der Waals surface area contributed by atoms with E-state index in [1.807, 2.05) is 36.4 Å². The van der Waals surface area contributed by atoms with Crippen LogP contribution < -0.4 is 14.7 Å². The van der Waals surface area contributed by atoms with Gasteiger partial charge >= 0.3 is 0 Å². The summed E-state index contributed by atoms with van der Waals surface area (Å²) in [5, 5.41) is 0. The van der Waals surface area contributed by atoms with E-state index in [1.54, 1.807) is 18.2 Å². The largest absolute Gasteiger partial charge is 0.295 e. The highest BCUT2D eigenvalue weighted by Gasteiger charge is 2.42. The Morgan fingerprint density at radius 3 is 0.646 bits per heavy atom. The summed E-state index contributed by atoms with van der Waals surface area (Å²) in [6.07, 6.45) is 0. The second-order valence-corrected chi connectivity index (χ2v) is 16.8. The average molecular weight is 851 g/mol. The molecule has 320 valence electrons. The van der Waals surface area contributed by atoms with E-state index in [1.165, 1.54) is 0 Å². The lowest BCUT2D eigenvalue weighted by molar-refractivity contribution is 0.259. The topological polar surface area (TPSA) is 48.4 Å². The first-order valence-electron chi connectivity index (χ1n) is 22.0. The van der Waals surface area contributed by atoms with Crippen molar-refractivity contribution in [2.24, 2.45) is 0 Å². The number of hydrogen-bond donors (Lipinski definition) is 0. The van der Waals surface area contributed by atoms with E-state index in [-0.39, 0.29) is 17.1 Å². The molecule has 0 aliphatic rings. The molecule has 0 N–H and O–H groups in total. The molecule has 0 radical (unpaired) electrons. The maximum atomic E-state index is 19.8. The average Bonchev–Trinajstić information content (AvgIpc) is 3.33. The number of nitrogens with zero attached hydrogens (tertiary/aromatic N) is 6. The Bertz CT molecular complexity index is 2570. The zero-order chi connectivity index (χ0) is 45.1. The Labute approximate surface area is 382 Å². The second kappa shape index (κ2) is 18.1. The molecule has 0 atom stereocenters. The van der Waals surface area contributed by atoms with E-state index in [0.29, 0.717) is 17.5 Å². The molecule has 3 heterocycles. The third kappa shape index (κ3) is 8.86. The fraction of sp³-hybridized carbons (Fsp3) is 0.121. The Morgan fingerprint density at radius 1 is 0.277 bits per heavy atom. The molecule has 0 saturated heterocycles. The van der Waals surface area contributed by atoms with Crippen LogP contribution in [0.25, 0.3) is 0 Å². The van der Waals surface area contributed by atoms with Gasteiger partial charge in [-0.1, -0.05) is 124 Å². The fourth-order valence-electron chi connectivity index (χ4n) is 8.02. The number of pyridine rings is 3. The predicted octanol–water partition coefficient (Wildman–Crippen LogP) is 15.4. The first-order chi connectivity index (χ1) is 31.5. The highest BCUT2D eigenvalue weighted by atomic mass is 19.1. The summed E-state index contributed by atoms with van der Waals surface area (Å²) in [4.78, 5) is 22.0. The Hall–Kier alpha value is -7.90. The third-order valence-electron chi connectivity index (χ3n) is 11.7. The highest BCUT2D eigenvalue weighted by molar-refractivity contribution is 5.77. The van der Waals surface area contributed by atoms with Crippen LogP contribution in [0.5, 0.6) is 0 Å². The van der Waals surface area contributed by atoms with Crippen molar-refractivity contribution < 1.29 is 4.39 Å². The number of rotatable bonds is 12. The number of benzene rings is 6. The van der Waals surface area contributed by atoms with Crippen LogP contribution >= 0.6 is 0 Å². The molecular formula is C58H51FN6. The molecule has 0 spiro atoms. The summed E-state index contributed by atoms with van der Waals surface area (Å²) in [7, 11) is 0. The normalized spacial score (nSPS) is 11.3. The van der Waals surface area contributed by atoms with Crippen LogP contribution in [0.15, 0.2) is 200 Å². The number of aryl methyl sites for hydroxylation is 6. The quantitative estimate of drug-likeness (QED) is 0.122. The van der Waals surface area contributed by atoms with Crippen LogP contribution in [-0.4, -0.2) is 15.0 Å². The molecule has 65 heavy (non-hydrogen) atoms. The highest BCUT2D eigenvalue weighted by Crippen LogP contribution is 2.44. The number of halogens is 1. The van der Waals surface area contributed by atoms with Gasteiger partial charge in [-0.05, 0) is 151 Å². The Kier molecular flexibility index (Phi) is 11.8. The van der Waals surface area contributed by atoms with Crippen molar-refractivity contribution in [3.63, 3.8) is 0 Å². The number of anilines is 9. The molecule has 6 aromatic carbocycles. The summed E-state index contributed by atoms with van der Waals surface area (Å²) in [6, 6.07) is 66.3. The number of alkyl halides is 1. The molecule has 6 nitrogen and oxygen atoms in total. The molecule has 0 saturated carbocycles. The molecule has 3 aromatic heterocycles. The van der Waals surface area contributed by atoms with Gasteiger partial charge in [0.2, 0.25) is 5.67 Å². The van der Waals surface area contributed by atoms with Crippen molar-refractivity contribution in [3.05, 3.63) is 251 Å². The smallest absolute Gasteiger partial charge is 0.236 e. The van der Waals surface area contributed by atoms with Crippen LogP contribution in [0.2, 0.25) is 0 Å². The van der Waals surface area contributed by atoms with Crippen LogP contribution in [0.4, 0.5) is 56.0 Å². The van der Waals surface area contributed by atoms with Gasteiger partial charge in [0.25, 0.3) is 0 Å². The summed E-state index contributed by atoms with van der Waals surface area (Å²) < 4.78 is 19.8. The van der Waals surface area contributed by atoms with Crippen molar-refractivity contribution >= 4 is 51.6 Å². The Morgan fingerprint density at radius 2 is 0.462 bits per heavy atom. The molecular weight excluding hydrogens is 800 g/mol. The monoisotopic (exact) mass is 850 g/mol. The van der Waals surface area contributed by atoms with Crippen molar-refractivity contribution in [1.82, 2.24) is 15.0 Å². The van der Waals surface area contributed by atoms with E-state index in [0.717, 1.165) is 67.5 Å². The third-order valence-corrected chi connectivity index (χ3v) is 11.7. The second-order valence-electron chi connectivity index (χ2n) is 16.8. The zero-order valence-electron chi connectivity index (χ0n) is 37.6. The molecule has 0 aliphatic carbocycles. The van der Waals surface area contributed by atoms with Crippen LogP contribution in [0.1, 0.15) is 50.5 Å². The Balaban J connectivity index is 1.27. The maximum Gasteiger partial charge on any atom is 0.236 e. The molecule has 0 fully saturated rings. The van der Waals surface area contributed by atoms with E-state index in [9.17, 15) is 0 Å². The van der Waals surface area contributed by atoms with Crippen LogP contribution in [0, 0.1) is 41.5 Å². The van der Waals surface area contributed by atoms with Crippen molar-refractivity contribution in [2.75, 3.05) is 14.7 Å². The molecule has 9 aromatic rings. The van der Waals surface area contributed by atoms with Gasteiger partial charge in [0.05, 0.1) is 17.1 Å². The van der Waals surface area contributed by atoms with Crippen molar-refractivity contribution in [2.45, 2.75) is 47.2 Å². The van der Waals surface area contributed by atoms with Gasteiger partial charge in [-0.2, -0.15) is 0 Å². The van der Waals surface area contributed by atoms with E-state index >= 15 is 4.39 Å². The van der Waals surface area contributed by atoms with Crippen molar-refractivity contribution in [1.29, 1.82) is 0 Å². The zero-order valence-corrected chi connectivity index (χ0v) is 37.6. The summed E-state index contributed by atoms with van der Waals surface area (Å²) in [5.41, 5.74) is 10.2. The number of aromatic nitrogens is 3. The minimum absolute atomic E-state index is 0.142. The summed E-state index contributed by atoms with van der Waals surface area (Å²) in [5.74, 6) is 1.64. The van der Waals surface area contributed by atoms with Gasteiger partial charge in [-0.15, -0.1) is 0 Å². The molecule has 9 rings (SSSR count). The minimum Gasteiger partial charge on any atom is -0.295 e. The van der Waals surface area contributed by atoms with Gasteiger partial charge in [0.1, 0.15) is 17.5 Å². The number of hydrogen-bond acceptors (Lipinski definition) is 6. The lowest BCUT2D eigenvalue weighted by Gasteiger charge is -2.31. The standard InChI is InChI=1S/C58H51FN6/c1-40-16-28-46(29-17-40)63(47-30-18-41(2)19-31-47)55-13-7-10-52(60-55)58(59,53-11-8-14-56(61-53)64(48-32-20-42(3)21-33-48)49-34-22-43(4)23-35-49)54-12-9-15-57(62-54)65(50-36-24-44(5)25-37-50)51-38-26-45(6)27-39-51/h7-39H,1-6H3. The van der Waals surface area contributed by atoms with Crippen LogP contribution in [-0.2, 0) is 5.67 Å². The van der Waals surface area contributed by atoms with Gasteiger partial charge in [-0.3, -0.25) is 14.7 Å². The maximum absolute atomic E-state index is 19.8. The van der Waals surface area contributed by atoms with Gasteiger partial charge in [0.15, 0.2) is 0 Å². The SMILES string of the molecule is Cc1ccc(N(c2ccc(C)cc2)c2cccc(C(F)(c3cccc(N(c4ccc(C)cc4)c4ccc(C)cc4)n3)c3cccc(N(c4ccc(C)cc4)c4ccc(C)cc4)n3)n2)cc1. The van der Waals surface area contributed by atoms with Gasteiger partial charge in [-0.25, -0.2) is 19.3 Å².